The van der Waals surface area contributed by atoms with E-state index in [1.165, 1.54) is 4.90 Å². The first-order chi connectivity index (χ1) is 8.62. The Morgan fingerprint density at radius 3 is 2.56 bits per heavy atom. The maximum absolute atomic E-state index is 12.3. The summed E-state index contributed by atoms with van der Waals surface area (Å²) in [4.78, 5) is 25.5. The van der Waals surface area contributed by atoms with E-state index in [1.54, 1.807) is 24.3 Å². The summed E-state index contributed by atoms with van der Waals surface area (Å²) in [6.45, 7) is 0.507. The molecule has 3 rings (SSSR count). The summed E-state index contributed by atoms with van der Waals surface area (Å²) in [6, 6.07) is 6.61. The van der Waals surface area contributed by atoms with Gasteiger partial charge >= 0.3 is 0 Å². The number of imide groups is 1. The van der Waals surface area contributed by atoms with Crippen molar-refractivity contribution in [2.24, 2.45) is 10.2 Å². The molecule has 1 aromatic carbocycles. The molecule has 0 radical (unpaired) electrons. The number of halogens is 1. The molecule has 0 bridgehead atoms. The third kappa shape index (κ3) is 1.54. The van der Waals surface area contributed by atoms with E-state index in [-0.39, 0.29) is 18.2 Å². The third-order valence-corrected chi connectivity index (χ3v) is 3.52. The second kappa shape index (κ2) is 3.88. The molecule has 0 aliphatic carbocycles. The molecule has 1 aromatic rings. The van der Waals surface area contributed by atoms with Crippen LogP contribution in [0.2, 0.25) is 5.02 Å². The number of carbonyl (C=O) groups excluding carboxylic acids is 2. The lowest BCUT2D eigenvalue weighted by Crippen LogP contribution is -2.38. The van der Waals surface area contributed by atoms with E-state index in [2.05, 4.69) is 10.2 Å². The fourth-order valence-corrected chi connectivity index (χ4v) is 2.45. The Bertz CT molecular complexity index is 555. The Kier molecular flexibility index (Phi) is 2.45. The molecule has 18 heavy (non-hydrogen) atoms. The maximum Gasteiger partial charge on any atom is 0.264 e. The van der Waals surface area contributed by atoms with Gasteiger partial charge in [0.2, 0.25) is 5.91 Å². The van der Waals surface area contributed by atoms with Gasteiger partial charge in [-0.3, -0.25) is 9.59 Å². The van der Waals surface area contributed by atoms with E-state index in [4.69, 9.17) is 11.6 Å². The topological polar surface area (TPSA) is 62.1 Å². The highest BCUT2D eigenvalue weighted by Gasteiger charge is 2.54. The molecule has 1 spiro atoms. The molecule has 0 unspecified atom stereocenters. The van der Waals surface area contributed by atoms with Crippen LogP contribution in [0.25, 0.3) is 0 Å². The van der Waals surface area contributed by atoms with Crippen LogP contribution in [-0.4, -0.2) is 23.9 Å². The highest BCUT2D eigenvalue weighted by molar-refractivity contribution is 6.31. The van der Waals surface area contributed by atoms with Crippen molar-refractivity contribution in [1.82, 2.24) is 0 Å². The summed E-state index contributed by atoms with van der Waals surface area (Å²) in [5.74, 6) is -0.515. The van der Waals surface area contributed by atoms with E-state index in [9.17, 15) is 9.59 Å². The number of amides is 2. The number of anilines is 1. The van der Waals surface area contributed by atoms with E-state index < -0.39 is 5.54 Å². The molecular formula is C12H10ClN3O2. The number of benzene rings is 1. The van der Waals surface area contributed by atoms with Crippen LogP contribution < -0.4 is 4.90 Å². The van der Waals surface area contributed by atoms with E-state index in [0.717, 1.165) is 0 Å². The van der Waals surface area contributed by atoms with Crippen LogP contribution in [0.5, 0.6) is 0 Å². The molecule has 2 heterocycles. The molecule has 1 fully saturated rings. The summed E-state index contributed by atoms with van der Waals surface area (Å²) in [6.07, 6.45) is 0.625. The Labute approximate surface area is 108 Å². The van der Waals surface area contributed by atoms with Crippen molar-refractivity contribution >= 4 is 29.1 Å². The molecule has 2 aliphatic rings. The average molecular weight is 264 g/mol. The van der Waals surface area contributed by atoms with Crippen molar-refractivity contribution in [3.63, 3.8) is 0 Å². The van der Waals surface area contributed by atoms with Gasteiger partial charge in [0.15, 0.2) is 5.54 Å². The first kappa shape index (κ1) is 11.3. The Morgan fingerprint density at radius 2 is 1.94 bits per heavy atom. The van der Waals surface area contributed by atoms with Gasteiger partial charge in [-0.1, -0.05) is 11.6 Å². The van der Waals surface area contributed by atoms with Gasteiger partial charge < -0.3 is 0 Å². The molecular weight excluding hydrogens is 254 g/mol. The van der Waals surface area contributed by atoms with Gasteiger partial charge in [-0.2, -0.15) is 10.2 Å². The SMILES string of the molecule is O=C1C[C@@]2(CCN=N2)C(=O)N1c1ccc(Cl)cc1. The normalized spacial score (nSPS) is 26.6. The Balaban J connectivity index is 1.98. The fraction of sp³-hybridized carbons (Fsp3) is 0.333. The van der Waals surface area contributed by atoms with E-state index in [0.29, 0.717) is 23.7 Å². The second-order valence-corrected chi connectivity index (χ2v) is 4.87. The molecule has 0 N–H and O–H groups in total. The van der Waals surface area contributed by atoms with Gasteiger partial charge in [0.1, 0.15) is 0 Å². The van der Waals surface area contributed by atoms with E-state index in [1.807, 2.05) is 0 Å². The lowest BCUT2D eigenvalue weighted by atomic mass is 9.96. The summed E-state index contributed by atoms with van der Waals surface area (Å²) in [5.41, 5.74) is -0.412. The Hall–Kier alpha value is -1.75. The standard InChI is InChI=1S/C12H10ClN3O2/c13-8-1-3-9(4-2-8)16-10(17)7-12(11(16)18)5-6-14-15-12/h1-4H,5-7H2/t12-/m0/s1. The molecule has 0 saturated carbocycles. The van der Waals surface area contributed by atoms with Crippen LogP contribution >= 0.6 is 11.6 Å². The molecule has 5 nitrogen and oxygen atoms in total. The monoisotopic (exact) mass is 263 g/mol. The predicted molar refractivity (Wildman–Crippen MR) is 65.6 cm³/mol. The van der Waals surface area contributed by atoms with Crippen LogP contribution in [0.15, 0.2) is 34.5 Å². The first-order valence-electron chi connectivity index (χ1n) is 5.64. The minimum Gasteiger partial charge on any atom is -0.274 e. The van der Waals surface area contributed by atoms with Crippen molar-refractivity contribution in [1.29, 1.82) is 0 Å². The largest absolute Gasteiger partial charge is 0.274 e. The number of rotatable bonds is 1. The van der Waals surface area contributed by atoms with Gasteiger partial charge in [0, 0.05) is 11.4 Å². The van der Waals surface area contributed by atoms with Gasteiger partial charge in [0.25, 0.3) is 5.91 Å². The molecule has 2 aliphatic heterocycles. The Morgan fingerprint density at radius 1 is 1.22 bits per heavy atom. The first-order valence-corrected chi connectivity index (χ1v) is 6.02. The van der Waals surface area contributed by atoms with Crippen LogP contribution in [0.3, 0.4) is 0 Å². The molecule has 2 amide bonds. The number of azo groups is 1. The van der Waals surface area contributed by atoms with Crippen LogP contribution in [0.1, 0.15) is 12.8 Å². The molecule has 1 saturated heterocycles. The lowest BCUT2D eigenvalue weighted by Gasteiger charge is -2.17. The smallest absolute Gasteiger partial charge is 0.264 e. The molecule has 92 valence electrons. The van der Waals surface area contributed by atoms with Crippen molar-refractivity contribution in [3.05, 3.63) is 29.3 Å². The highest BCUT2D eigenvalue weighted by Crippen LogP contribution is 2.37. The van der Waals surface area contributed by atoms with Crippen molar-refractivity contribution in [2.75, 3.05) is 11.4 Å². The quantitative estimate of drug-likeness (QED) is 0.729. The van der Waals surface area contributed by atoms with Gasteiger partial charge in [-0.05, 0) is 24.3 Å². The summed E-state index contributed by atoms with van der Waals surface area (Å²) < 4.78 is 0. The van der Waals surface area contributed by atoms with E-state index >= 15 is 0 Å². The minimum atomic E-state index is -0.948. The lowest BCUT2D eigenvalue weighted by molar-refractivity contribution is -0.122. The summed E-state index contributed by atoms with van der Waals surface area (Å²) in [5, 5.41) is 8.39. The van der Waals surface area contributed by atoms with Crippen molar-refractivity contribution in [2.45, 2.75) is 18.4 Å². The van der Waals surface area contributed by atoms with Gasteiger partial charge in [0.05, 0.1) is 18.7 Å². The maximum atomic E-state index is 12.3. The summed E-state index contributed by atoms with van der Waals surface area (Å²) in [7, 11) is 0. The number of nitrogens with zero attached hydrogens (tertiary/aromatic N) is 3. The molecule has 6 heteroatoms. The zero-order chi connectivity index (χ0) is 12.8. The number of carbonyl (C=O) groups is 2. The number of hydrogen-bond acceptors (Lipinski definition) is 4. The van der Waals surface area contributed by atoms with Gasteiger partial charge in [-0.15, -0.1) is 0 Å². The second-order valence-electron chi connectivity index (χ2n) is 4.43. The fourth-order valence-electron chi connectivity index (χ4n) is 2.32. The third-order valence-electron chi connectivity index (χ3n) is 3.27. The van der Waals surface area contributed by atoms with Crippen LogP contribution in [0.4, 0.5) is 5.69 Å². The van der Waals surface area contributed by atoms with Crippen molar-refractivity contribution < 1.29 is 9.59 Å². The average Bonchev–Trinajstić information content (AvgIpc) is 2.89. The number of hydrogen-bond donors (Lipinski definition) is 0. The zero-order valence-electron chi connectivity index (χ0n) is 9.47. The van der Waals surface area contributed by atoms with Gasteiger partial charge in [-0.25, -0.2) is 4.90 Å². The predicted octanol–water partition coefficient (Wildman–Crippen LogP) is 2.20. The van der Waals surface area contributed by atoms with Crippen LogP contribution in [-0.2, 0) is 9.59 Å². The molecule has 0 aromatic heterocycles. The highest BCUT2D eigenvalue weighted by atomic mass is 35.5. The minimum absolute atomic E-state index is 0.109. The summed E-state index contributed by atoms with van der Waals surface area (Å²) >= 11 is 5.79. The zero-order valence-corrected chi connectivity index (χ0v) is 10.2. The molecule has 1 atom stereocenters. The van der Waals surface area contributed by atoms with Crippen molar-refractivity contribution in [3.8, 4) is 0 Å². The van der Waals surface area contributed by atoms with Crippen LogP contribution in [0, 0.1) is 0 Å².